The van der Waals surface area contributed by atoms with Crippen molar-refractivity contribution >= 4 is 22.1 Å². The Labute approximate surface area is 141 Å². The van der Waals surface area contributed by atoms with Crippen LogP contribution in [0.25, 0.3) is 0 Å². The summed E-state index contributed by atoms with van der Waals surface area (Å²) in [5.41, 5.74) is -0.230. The highest BCUT2D eigenvalue weighted by Crippen LogP contribution is 2.13. The normalized spacial score (nSPS) is 13.0. The van der Waals surface area contributed by atoms with E-state index < -0.39 is 33.7 Å². The molecule has 0 heterocycles. The number of amides is 1. The van der Waals surface area contributed by atoms with Gasteiger partial charge in [0.25, 0.3) is 0 Å². The molecule has 0 bridgehead atoms. The van der Waals surface area contributed by atoms with E-state index in [0.717, 1.165) is 0 Å². The molecule has 8 nitrogen and oxygen atoms in total. The van der Waals surface area contributed by atoms with Crippen molar-refractivity contribution in [1.29, 1.82) is 0 Å². The summed E-state index contributed by atoms with van der Waals surface area (Å²) in [6.07, 6.45) is -0.754. The van der Waals surface area contributed by atoms with Crippen LogP contribution in [0.4, 0.5) is 4.79 Å². The van der Waals surface area contributed by atoms with Crippen molar-refractivity contribution in [2.24, 2.45) is 5.14 Å². The van der Waals surface area contributed by atoms with E-state index in [-0.39, 0.29) is 11.3 Å². The zero-order chi connectivity index (χ0) is 18.5. The van der Waals surface area contributed by atoms with Gasteiger partial charge in [-0.3, -0.25) is 0 Å². The number of sulfonamides is 1. The van der Waals surface area contributed by atoms with Gasteiger partial charge in [0.05, 0.1) is 12.0 Å². The van der Waals surface area contributed by atoms with Crippen LogP contribution in [0.15, 0.2) is 29.2 Å². The monoisotopic (exact) mass is 358 g/mol. The molecule has 0 spiro atoms. The minimum Gasteiger partial charge on any atom is -0.467 e. The maximum atomic E-state index is 11.9. The van der Waals surface area contributed by atoms with Crippen LogP contribution in [0.1, 0.15) is 26.3 Å². The summed E-state index contributed by atoms with van der Waals surface area (Å²) in [5, 5.41) is 7.50. The van der Waals surface area contributed by atoms with Gasteiger partial charge in [0.1, 0.15) is 11.6 Å². The first-order valence-electron chi connectivity index (χ1n) is 7.11. The number of carbonyl (C=O) groups is 2. The van der Waals surface area contributed by atoms with E-state index in [4.69, 9.17) is 9.88 Å². The van der Waals surface area contributed by atoms with Crippen LogP contribution in [0.5, 0.6) is 0 Å². The Balaban J connectivity index is 2.95. The Morgan fingerprint density at radius 1 is 1.29 bits per heavy atom. The first-order valence-corrected chi connectivity index (χ1v) is 8.66. The van der Waals surface area contributed by atoms with E-state index >= 15 is 0 Å². The van der Waals surface area contributed by atoms with E-state index in [1.165, 1.54) is 25.3 Å². The Morgan fingerprint density at radius 2 is 1.92 bits per heavy atom. The maximum absolute atomic E-state index is 11.9. The molecule has 0 unspecified atom stereocenters. The Kier molecular flexibility index (Phi) is 6.33. The molecule has 0 saturated carbocycles. The SMILES string of the molecule is COC(=O)[C@H](Cc1cccc(S(N)(=O)=O)c1)NC(=O)OC(C)(C)C. The average molecular weight is 358 g/mol. The molecule has 0 fully saturated rings. The summed E-state index contributed by atoms with van der Waals surface area (Å²) in [5.74, 6) is -0.679. The number of nitrogens with one attached hydrogen (secondary N) is 1. The summed E-state index contributed by atoms with van der Waals surface area (Å²) >= 11 is 0. The molecule has 3 N–H and O–H groups in total. The lowest BCUT2D eigenvalue weighted by molar-refractivity contribution is -0.143. The van der Waals surface area contributed by atoms with Crippen molar-refractivity contribution in [1.82, 2.24) is 5.32 Å². The van der Waals surface area contributed by atoms with Crippen LogP contribution in [-0.2, 0) is 30.7 Å². The lowest BCUT2D eigenvalue weighted by atomic mass is 10.1. The van der Waals surface area contributed by atoms with Crippen LogP contribution >= 0.6 is 0 Å². The van der Waals surface area contributed by atoms with E-state index in [0.29, 0.717) is 5.56 Å². The molecule has 0 radical (unpaired) electrons. The molecule has 0 aromatic heterocycles. The van der Waals surface area contributed by atoms with Crippen molar-refractivity contribution in [2.75, 3.05) is 7.11 Å². The number of esters is 1. The fourth-order valence-electron chi connectivity index (χ4n) is 1.87. The minimum absolute atomic E-state index is 0.0231. The number of carbonyl (C=O) groups excluding carboxylic acids is 2. The van der Waals surface area contributed by atoms with Gasteiger partial charge < -0.3 is 14.8 Å². The van der Waals surface area contributed by atoms with E-state index in [9.17, 15) is 18.0 Å². The number of hydrogen-bond acceptors (Lipinski definition) is 6. The standard InChI is InChI=1S/C15H22N2O6S/c1-15(2,3)23-14(19)17-12(13(18)22-4)9-10-6-5-7-11(8-10)24(16,20)21/h5-8,12H,9H2,1-4H3,(H,17,19)(H2,16,20,21)/t12-/m0/s1. The fourth-order valence-corrected chi connectivity index (χ4v) is 2.45. The minimum atomic E-state index is -3.86. The summed E-state index contributed by atoms with van der Waals surface area (Å²) < 4.78 is 32.5. The topological polar surface area (TPSA) is 125 Å². The highest BCUT2D eigenvalue weighted by Gasteiger charge is 2.25. The second-order valence-corrected chi connectivity index (χ2v) is 7.68. The molecule has 9 heteroatoms. The summed E-state index contributed by atoms with van der Waals surface area (Å²) in [4.78, 5) is 23.6. The van der Waals surface area contributed by atoms with Crippen LogP contribution in [0, 0.1) is 0 Å². The number of primary sulfonamides is 1. The molecule has 1 atom stereocenters. The van der Waals surface area contributed by atoms with Gasteiger partial charge in [0, 0.05) is 6.42 Å². The number of ether oxygens (including phenoxy) is 2. The van der Waals surface area contributed by atoms with E-state index in [1.807, 2.05) is 0 Å². The fraction of sp³-hybridized carbons (Fsp3) is 0.467. The third kappa shape index (κ3) is 6.55. The molecular formula is C15H22N2O6S. The number of nitrogens with two attached hydrogens (primary N) is 1. The molecule has 134 valence electrons. The average Bonchev–Trinajstić information content (AvgIpc) is 2.43. The van der Waals surface area contributed by atoms with Gasteiger partial charge in [-0.05, 0) is 38.5 Å². The van der Waals surface area contributed by atoms with Crippen molar-refractivity contribution in [2.45, 2.75) is 43.7 Å². The number of rotatable bonds is 5. The molecule has 1 rings (SSSR count). The van der Waals surface area contributed by atoms with Crippen LogP contribution in [0.3, 0.4) is 0 Å². The Bertz CT molecular complexity index is 709. The summed E-state index contributed by atoms with van der Waals surface area (Å²) in [6, 6.07) is 4.76. The first kappa shape index (κ1) is 19.9. The van der Waals surface area contributed by atoms with E-state index in [1.54, 1.807) is 26.8 Å². The first-order chi connectivity index (χ1) is 10.9. The molecule has 0 aliphatic heterocycles. The highest BCUT2D eigenvalue weighted by molar-refractivity contribution is 7.89. The number of methoxy groups -OCH3 is 1. The summed E-state index contributed by atoms with van der Waals surface area (Å²) in [7, 11) is -2.67. The van der Waals surface area contributed by atoms with Crippen LogP contribution in [0.2, 0.25) is 0 Å². The van der Waals surface area contributed by atoms with Crippen molar-refractivity contribution in [3.8, 4) is 0 Å². The van der Waals surface area contributed by atoms with Crippen LogP contribution < -0.4 is 10.5 Å². The highest BCUT2D eigenvalue weighted by atomic mass is 32.2. The zero-order valence-corrected chi connectivity index (χ0v) is 14.8. The zero-order valence-electron chi connectivity index (χ0n) is 14.0. The number of alkyl carbamates (subject to hydrolysis) is 1. The molecule has 0 aliphatic carbocycles. The third-order valence-electron chi connectivity index (χ3n) is 2.84. The smallest absolute Gasteiger partial charge is 0.408 e. The van der Waals surface area contributed by atoms with Gasteiger partial charge in [-0.1, -0.05) is 12.1 Å². The molecular weight excluding hydrogens is 336 g/mol. The van der Waals surface area contributed by atoms with Crippen LogP contribution in [-0.4, -0.2) is 39.2 Å². The molecule has 0 aliphatic rings. The van der Waals surface area contributed by atoms with Crippen molar-refractivity contribution < 1.29 is 27.5 Å². The maximum Gasteiger partial charge on any atom is 0.408 e. The molecule has 1 aromatic carbocycles. The predicted octanol–water partition coefficient (Wildman–Crippen LogP) is 0.943. The van der Waals surface area contributed by atoms with Crippen molar-refractivity contribution in [3.05, 3.63) is 29.8 Å². The third-order valence-corrected chi connectivity index (χ3v) is 3.75. The van der Waals surface area contributed by atoms with Gasteiger partial charge in [-0.25, -0.2) is 23.1 Å². The molecule has 24 heavy (non-hydrogen) atoms. The lowest BCUT2D eigenvalue weighted by Gasteiger charge is -2.22. The van der Waals surface area contributed by atoms with Gasteiger partial charge in [-0.2, -0.15) is 0 Å². The molecule has 0 saturated heterocycles. The van der Waals surface area contributed by atoms with Gasteiger partial charge in [0.15, 0.2) is 0 Å². The molecule has 1 amide bonds. The van der Waals surface area contributed by atoms with Gasteiger partial charge in [-0.15, -0.1) is 0 Å². The lowest BCUT2D eigenvalue weighted by Crippen LogP contribution is -2.45. The second kappa shape index (κ2) is 7.63. The Morgan fingerprint density at radius 3 is 2.42 bits per heavy atom. The van der Waals surface area contributed by atoms with Crippen molar-refractivity contribution in [3.63, 3.8) is 0 Å². The largest absolute Gasteiger partial charge is 0.467 e. The predicted molar refractivity (Wildman–Crippen MR) is 86.7 cm³/mol. The van der Waals surface area contributed by atoms with Gasteiger partial charge in [0.2, 0.25) is 10.0 Å². The quantitative estimate of drug-likeness (QED) is 0.755. The number of benzene rings is 1. The van der Waals surface area contributed by atoms with Gasteiger partial charge >= 0.3 is 12.1 Å². The second-order valence-electron chi connectivity index (χ2n) is 6.12. The van der Waals surface area contributed by atoms with E-state index in [2.05, 4.69) is 10.1 Å². The Hall–Kier alpha value is -2.13. The summed E-state index contributed by atoms with van der Waals surface area (Å²) in [6.45, 7) is 5.07. The molecule has 1 aromatic rings. The number of hydrogen-bond donors (Lipinski definition) is 2.